The van der Waals surface area contributed by atoms with Gasteiger partial charge in [-0.3, -0.25) is 4.79 Å². The molecule has 0 saturated heterocycles. The smallest absolute Gasteiger partial charge is 0.256 e. The Morgan fingerprint density at radius 2 is 2.00 bits per heavy atom. The van der Waals surface area contributed by atoms with Crippen LogP contribution in [0.3, 0.4) is 0 Å². The van der Waals surface area contributed by atoms with E-state index in [0.717, 1.165) is 23.3 Å². The summed E-state index contributed by atoms with van der Waals surface area (Å²) in [5, 5.41) is 6.11. The normalized spacial score (nSPS) is 10.5. The lowest BCUT2D eigenvalue weighted by Crippen LogP contribution is -2.13. The van der Waals surface area contributed by atoms with E-state index in [2.05, 4.69) is 45.4 Å². The van der Waals surface area contributed by atoms with Gasteiger partial charge in [-0.1, -0.05) is 26.0 Å². The number of carbonyl (C=O) groups is 1. The molecule has 0 atom stereocenters. The number of benzene rings is 1. The van der Waals surface area contributed by atoms with Gasteiger partial charge in [-0.05, 0) is 52.5 Å². The van der Waals surface area contributed by atoms with E-state index in [1.54, 1.807) is 12.3 Å². The molecule has 0 fully saturated rings. The molecule has 1 aromatic carbocycles. The van der Waals surface area contributed by atoms with Gasteiger partial charge in [0, 0.05) is 11.0 Å². The molecule has 1 aromatic heterocycles. The number of halogens is 1. The molecule has 2 N–H and O–H groups in total. The lowest BCUT2D eigenvalue weighted by Gasteiger charge is -2.09. The zero-order chi connectivity index (χ0) is 15.9. The Balaban J connectivity index is 1.94. The first-order valence-electron chi connectivity index (χ1n) is 7.32. The van der Waals surface area contributed by atoms with Gasteiger partial charge in [0.25, 0.3) is 5.91 Å². The van der Waals surface area contributed by atoms with Crippen LogP contribution in [0, 0.1) is 5.92 Å². The van der Waals surface area contributed by atoms with Gasteiger partial charge in [0.2, 0.25) is 0 Å². The molecular weight excluding hydrogens is 342 g/mol. The second-order valence-electron chi connectivity index (χ2n) is 5.48. The largest absolute Gasteiger partial charge is 0.370 e. The van der Waals surface area contributed by atoms with E-state index in [-0.39, 0.29) is 5.91 Å². The third-order valence-electron chi connectivity index (χ3n) is 3.17. The Kier molecular flexibility index (Phi) is 5.95. The first kappa shape index (κ1) is 16.5. The van der Waals surface area contributed by atoms with E-state index in [0.29, 0.717) is 17.2 Å². The number of carbonyl (C=O) groups excluding carboxylic acids is 1. The van der Waals surface area contributed by atoms with Gasteiger partial charge in [-0.15, -0.1) is 0 Å². The van der Waals surface area contributed by atoms with Crippen LogP contribution in [-0.4, -0.2) is 17.4 Å². The predicted molar refractivity (Wildman–Crippen MR) is 94.3 cm³/mol. The zero-order valence-electron chi connectivity index (χ0n) is 12.8. The minimum absolute atomic E-state index is 0.158. The summed E-state index contributed by atoms with van der Waals surface area (Å²) < 4.78 is 0.771. The van der Waals surface area contributed by atoms with Gasteiger partial charge >= 0.3 is 0 Å². The Morgan fingerprint density at radius 1 is 1.23 bits per heavy atom. The minimum Gasteiger partial charge on any atom is -0.370 e. The Morgan fingerprint density at radius 3 is 2.64 bits per heavy atom. The molecule has 0 spiro atoms. The van der Waals surface area contributed by atoms with Crippen molar-refractivity contribution in [1.29, 1.82) is 0 Å². The lowest BCUT2D eigenvalue weighted by molar-refractivity contribution is 0.102. The quantitative estimate of drug-likeness (QED) is 0.792. The first-order chi connectivity index (χ1) is 10.6. The third kappa shape index (κ3) is 4.84. The van der Waals surface area contributed by atoms with Gasteiger partial charge in [0.05, 0.1) is 17.4 Å². The van der Waals surface area contributed by atoms with E-state index in [1.807, 2.05) is 30.3 Å². The predicted octanol–water partition coefficient (Wildman–Crippen LogP) is 4.55. The van der Waals surface area contributed by atoms with Crippen LogP contribution in [0.15, 0.2) is 47.1 Å². The van der Waals surface area contributed by atoms with Gasteiger partial charge in [-0.25, -0.2) is 4.98 Å². The number of amides is 1. The molecule has 2 aromatic rings. The standard InChI is InChI=1S/C17H20BrN3O/c1-12(2)9-10-19-16-8-7-13(11-20-16)21-17(22)14-5-3-4-6-15(14)18/h3-8,11-12H,9-10H2,1-2H3,(H,19,20)(H,21,22). The van der Waals surface area contributed by atoms with Crippen LogP contribution in [0.1, 0.15) is 30.6 Å². The lowest BCUT2D eigenvalue weighted by atomic mass is 10.1. The molecule has 4 nitrogen and oxygen atoms in total. The van der Waals surface area contributed by atoms with E-state index < -0.39 is 0 Å². The van der Waals surface area contributed by atoms with Crippen molar-refractivity contribution in [2.24, 2.45) is 5.92 Å². The minimum atomic E-state index is -0.158. The highest BCUT2D eigenvalue weighted by Crippen LogP contribution is 2.18. The third-order valence-corrected chi connectivity index (χ3v) is 3.86. The topological polar surface area (TPSA) is 54.0 Å². The summed E-state index contributed by atoms with van der Waals surface area (Å²) in [6.07, 6.45) is 2.76. The van der Waals surface area contributed by atoms with Gasteiger partial charge < -0.3 is 10.6 Å². The highest BCUT2D eigenvalue weighted by atomic mass is 79.9. The van der Waals surface area contributed by atoms with Crippen molar-refractivity contribution in [2.75, 3.05) is 17.2 Å². The summed E-state index contributed by atoms with van der Waals surface area (Å²) in [4.78, 5) is 16.5. The van der Waals surface area contributed by atoms with Gasteiger partial charge in [0.1, 0.15) is 5.82 Å². The fraction of sp³-hybridized carbons (Fsp3) is 0.294. The molecule has 0 saturated carbocycles. The molecule has 5 heteroatoms. The molecule has 0 radical (unpaired) electrons. The number of aromatic nitrogens is 1. The highest BCUT2D eigenvalue weighted by Gasteiger charge is 2.09. The summed E-state index contributed by atoms with van der Waals surface area (Å²) in [6.45, 7) is 5.28. The Hall–Kier alpha value is -1.88. The van der Waals surface area contributed by atoms with Crippen LogP contribution in [-0.2, 0) is 0 Å². The summed E-state index contributed by atoms with van der Waals surface area (Å²) in [5.41, 5.74) is 1.27. The summed E-state index contributed by atoms with van der Waals surface area (Å²) in [6, 6.07) is 11.0. The van der Waals surface area contributed by atoms with E-state index >= 15 is 0 Å². The first-order valence-corrected chi connectivity index (χ1v) is 8.11. The number of anilines is 2. The maximum absolute atomic E-state index is 12.2. The number of hydrogen-bond donors (Lipinski definition) is 2. The molecule has 0 aliphatic heterocycles. The van der Waals surface area contributed by atoms with Gasteiger partial charge in [0.15, 0.2) is 0 Å². The molecule has 0 bridgehead atoms. The maximum Gasteiger partial charge on any atom is 0.256 e. The Labute approximate surface area is 139 Å². The SMILES string of the molecule is CC(C)CCNc1ccc(NC(=O)c2ccccc2Br)cn1. The molecular formula is C17H20BrN3O. The average molecular weight is 362 g/mol. The molecule has 22 heavy (non-hydrogen) atoms. The van der Waals surface area contributed by atoms with Crippen molar-refractivity contribution in [1.82, 2.24) is 4.98 Å². The van der Waals surface area contributed by atoms with E-state index in [9.17, 15) is 4.79 Å². The molecule has 1 heterocycles. The fourth-order valence-electron chi connectivity index (χ4n) is 1.91. The molecule has 116 valence electrons. The number of pyridine rings is 1. The van der Waals surface area contributed by atoms with Crippen molar-refractivity contribution in [3.05, 3.63) is 52.6 Å². The molecule has 0 aliphatic carbocycles. The number of rotatable bonds is 6. The second-order valence-corrected chi connectivity index (χ2v) is 6.33. The van der Waals surface area contributed by atoms with Crippen LogP contribution in [0.2, 0.25) is 0 Å². The highest BCUT2D eigenvalue weighted by molar-refractivity contribution is 9.10. The molecule has 1 amide bonds. The van der Waals surface area contributed by atoms with Gasteiger partial charge in [-0.2, -0.15) is 0 Å². The van der Waals surface area contributed by atoms with E-state index in [1.165, 1.54) is 0 Å². The second kappa shape index (κ2) is 7.94. The molecule has 0 unspecified atom stereocenters. The van der Waals surface area contributed by atoms with Crippen molar-refractivity contribution in [2.45, 2.75) is 20.3 Å². The number of nitrogens with zero attached hydrogens (tertiary/aromatic N) is 1. The number of nitrogens with one attached hydrogen (secondary N) is 2. The monoisotopic (exact) mass is 361 g/mol. The summed E-state index contributed by atoms with van der Waals surface area (Å²) in [5.74, 6) is 1.32. The van der Waals surface area contributed by atoms with Crippen molar-refractivity contribution in [3.63, 3.8) is 0 Å². The molecule has 2 rings (SSSR count). The number of hydrogen-bond acceptors (Lipinski definition) is 3. The van der Waals surface area contributed by atoms with Crippen LogP contribution >= 0.6 is 15.9 Å². The van der Waals surface area contributed by atoms with Crippen LogP contribution < -0.4 is 10.6 Å². The van der Waals surface area contributed by atoms with Crippen LogP contribution in [0.5, 0.6) is 0 Å². The fourth-order valence-corrected chi connectivity index (χ4v) is 2.37. The average Bonchev–Trinajstić information content (AvgIpc) is 2.49. The van der Waals surface area contributed by atoms with Crippen LogP contribution in [0.4, 0.5) is 11.5 Å². The summed E-state index contributed by atoms with van der Waals surface area (Å²) >= 11 is 3.38. The maximum atomic E-state index is 12.2. The van der Waals surface area contributed by atoms with E-state index in [4.69, 9.17) is 0 Å². The zero-order valence-corrected chi connectivity index (χ0v) is 14.4. The van der Waals surface area contributed by atoms with Crippen molar-refractivity contribution >= 4 is 33.3 Å². The van der Waals surface area contributed by atoms with Crippen molar-refractivity contribution in [3.8, 4) is 0 Å². The van der Waals surface area contributed by atoms with Crippen LogP contribution in [0.25, 0.3) is 0 Å². The van der Waals surface area contributed by atoms with Crippen molar-refractivity contribution < 1.29 is 4.79 Å². The molecule has 0 aliphatic rings. The summed E-state index contributed by atoms with van der Waals surface area (Å²) in [7, 11) is 0. The Bertz CT molecular complexity index is 626.